The summed E-state index contributed by atoms with van der Waals surface area (Å²) in [5.41, 5.74) is -0.207. The number of hydrogen-bond acceptors (Lipinski definition) is 6. The maximum atomic E-state index is 13.0. The van der Waals surface area contributed by atoms with E-state index in [0.29, 0.717) is 12.1 Å². The molecule has 0 saturated carbocycles. The van der Waals surface area contributed by atoms with Crippen LogP contribution in [0.2, 0.25) is 0 Å². The molecule has 0 spiro atoms. The smallest absolute Gasteiger partial charge is 0.460 e. The zero-order chi connectivity index (χ0) is 21.3. The zero-order valence-electron chi connectivity index (χ0n) is 17.0. The van der Waals surface area contributed by atoms with E-state index >= 15 is 0 Å². The molecule has 1 aromatic rings. The van der Waals surface area contributed by atoms with Gasteiger partial charge in [-0.05, 0) is 65.7 Å². The van der Waals surface area contributed by atoms with Crippen molar-refractivity contribution < 1.29 is 28.7 Å². The normalized spacial score (nSPS) is 17.0. The van der Waals surface area contributed by atoms with Gasteiger partial charge in [0, 0.05) is 4.47 Å². The first-order valence-corrected chi connectivity index (χ1v) is 9.80. The highest BCUT2D eigenvalue weighted by molar-refractivity contribution is 9.10. The lowest BCUT2D eigenvalue weighted by molar-refractivity contribution is -0.157. The fourth-order valence-electron chi connectivity index (χ4n) is 2.72. The highest BCUT2D eigenvalue weighted by Gasteiger charge is 2.38. The number of anilines is 1. The van der Waals surface area contributed by atoms with Crippen molar-refractivity contribution in [3.05, 3.63) is 28.2 Å². The second-order valence-electron chi connectivity index (χ2n) is 8.65. The van der Waals surface area contributed by atoms with E-state index in [1.807, 2.05) is 12.1 Å². The molecular formula is C20H26BrNO6. The van der Waals surface area contributed by atoms with Crippen LogP contribution in [0.25, 0.3) is 0 Å². The zero-order valence-corrected chi connectivity index (χ0v) is 18.6. The first-order chi connectivity index (χ1) is 12.7. The molecule has 0 N–H and O–H groups in total. The fraction of sp³-hybridized carbons (Fsp3) is 0.550. The molecule has 0 aliphatic carbocycles. The number of carbonyl (C=O) groups excluding carboxylic acids is 3. The van der Waals surface area contributed by atoms with Gasteiger partial charge in [0.25, 0.3) is 5.91 Å². The van der Waals surface area contributed by atoms with Gasteiger partial charge in [0.2, 0.25) is 0 Å². The molecule has 1 heterocycles. The molecule has 1 atom stereocenters. The maximum absolute atomic E-state index is 13.0. The van der Waals surface area contributed by atoms with Gasteiger partial charge in [-0.1, -0.05) is 22.0 Å². The van der Waals surface area contributed by atoms with Gasteiger partial charge >= 0.3 is 12.1 Å². The molecule has 154 valence electrons. The van der Waals surface area contributed by atoms with Gasteiger partial charge in [-0.2, -0.15) is 0 Å². The molecule has 2 rings (SSSR count). The molecule has 7 nitrogen and oxygen atoms in total. The summed E-state index contributed by atoms with van der Waals surface area (Å²) in [6, 6.07) is 5.32. The lowest BCUT2D eigenvalue weighted by atomic mass is 9.90. The molecule has 0 bridgehead atoms. The van der Waals surface area contributed by atoms with E-state index < -0.39 is 35.2 Å². The molecule has 1 aliphatic heterocycles. The van der Waals surface area contributed by atoms with Crippen LogP contribution >= 0.6 is 15.9 Å². The molecule has 1 aliphatic rings. The molecule has 0 radical (unpaired) electrons. The van der Waals surface area contributed by atoms with Crippen molar-refractivity contribution in [1.29, 1.82) is 0 Å². The van der Waals surface area contributed by atoms with E-state index in [1.54, 1.807) is 47.6 Å². The van der Waals surface area contributed by atoms with E-state index in [2.05, 4.69) is 15.9 Å². The molecule has 0 saturated heterocycles. The number of carbonyl (C=O) groups is 3. The second kappa shape index (κ2) is 8.11. The molecule has 1 unspecified atom stereocenters. The van der Waals surface area contributed by atoms with Crippen LogP contribution in [0.1, 0.15) is 53.5 Å². The first kappa shape index (κ1) is 22.2. The Hall–Kier alpha value is -2.09. The average Bonchev–Trinajstić information content (AvgIpc) is 2.48. The molecule has 1 amide bonds. The van der Waals surface area contributed by atoms with Crippen molar-refractivity contribution >= 4 is 39.6 Å². The van der Waals surface area contributed by atoms with Crippen LogP contribution in [0.15, 0.2) is 22.7 Å². The summed E-state index contributed by atoms with van der Waals surface area (Å²) in [5, 5.41) is 0.909. The van der Waals surface area contributed by atoms with Gasteiger partial charge < -0.3 is 9.47 Å². The van der Waals surface area contributed by atoms with E-state index in [1.165, 1.54) is 0 Å². The Balaban J connectivity index is 2.26. The molecule has 28 heavy (non-hydrogen) atoms. The van der Waals surface area contributed by atoms with Crippen LogP contribution in [0, 0.1) is 5.92 Å². The quantitative estimate of drug-likeness (QED) is 0.621. The molecule has 0 fully saturated rings. The number of fused-ring (bicyclic) bond motifs is 1. The summed E-state index contributed by atoms with van der Waals surface area (Å²) < 4.78 is 11.2. The van der Waals surface area contributed by atoms with Gasteiger partial charge in [-0.15, -0.1) is 5.06 Å². The standard InChI is InChI=1S/C20H26BrNO6/c1-19(2,3)26-16(23)10-13-9-12-7-8-14(21)11-15(12)22(17(13)24)28-18(25)27-20(4,5)6/h7-8,11,13H,9-10H2,1-6H3. The molecule has 8 heteroatoms. The van der Waals surface area contributed by atoms with Crippen molar-refractivity contribution in [3.8, 4) is 0 Å². The molecular weight excluding hydrogens is 430 g/mol. The highest BCUT2D eigenvalue weighted by Crippen LogP contribution is 2.35. The summed E-state index contributed by atoms with van der Waals surface area (Å²) >= 11 is 3.36. The van der Waals surface area contributed by atoms with Crippen LogP contribution in [0.4, 0.5) is 10.5 Å². The monoisotopic (exact) mass is 455 g/mol. The Kier molecular flexibility index (Phi) is 6.43. The van der Waals surface area contributed by atoms with E-state index in [0.717, 1.165) is 15.1 Å². The van der Waals surface area contributed by atoms with Gasteiger partial charge in [-0.25, -0.2) is 4.79 Å². The third-order valence-corrected chi connectivity index (χ3v) is 4.16. The predicted molar refractivity (Wildman–Crippen MR) is 107 cm³/mol. The lowest BCUT2D eigenvalue weighted by Crippen LogP contribution is -2.44. The number of amides is 1. The predicted octanol–water partition coefficient (Wildman–Crippen LogP) is 4.55. The van der Waals surface area contributed by atoms with Crippen molar-refractivity contribution in [2.75, 3.05) is 5.06 Å². The van der Waals surface area contributed by atoms with Crippen LogP contribution in [0.5, 0.6) is 0 Å². The number of ether oxygens (including phenoxy) is 2. The Bertz CT molecular complexity index is 778. The number of hydrogen-bond donors (Lipinski definition) is 0. The Morgan fingerprint density at radius 3 is 2.29 bits per heavy atom. The van der Waals surface area contributed by atoms with E-state index in [-0.39, 0.29) is 6.42 Å². The van der Waals surface area contributed by atoms with Crippen molar-refractivity contribution in [3.63, 3.8) is 0 Å². The summed E-state index contributed by atoms with van der Waals surface area (Å²) in [5.74, 6) is -1.68. The van der Waals surface area contributed by atoms with Crippen LogP contribution in [-0.4, -0.2) is 29.2 Å². The summed E-state index contributed by atoms with van der Waals surface area (Å²) in [6.45, 7) is 10.4. The minimum absolute atomic E-state index is 0.111. The van der Waals surface area contributed by atoms with Crippen molar-refractivity contribution in [2.45, 2.75) is 65.6 Å². The van der Waals surface area contributed by atoms with Gasteiger partial charge in [0.05, 0.1) is 18.0 Å². The Labute approximate surface area is 173 Å². The van der Waals surface area contributed by atoms with Crippen molar-refractivity contribution in [2.24, 2.45) is 5.92 Å². The van der Waals surface area contributed by atoms with Crippen LogP contribution in [-0.2, 0) is 30.3 Å². The maximum Gasteiger partial charge on any atom is 0.534 e. The Morgan fingerprint density at radius 1 is 1.11 bits per heavy atom. The number of halogens is 1. The summed E-state index contributed by atoms with van der Waals surface area (Å²) in [4.78, 5) is 42.6. The van der Waals surface area contributed by atoms with Crippen LogP contribution in [0.3, 0.4) is 0 Å². The minimum Gasteiger partial charge on any atom is -0.460 e. The third kappa shape index (κ3) is 6.22. The number of hydroxylamine groups is 1. The SMILES string of the molecule is CC(C)(C)OC(=O)CC1Cc2ccc(Br)cc2N(OC(=O)OC(C)(C)C)C1=O. The molecule has 0 aromatic heterocycles. The molecule has 1 aromatic carbocycles. The topological polar surface area (TPSA) is 82.1 Å². The summed E-state index contributed by atoms with van der Waals surface area (Å²) in [7, 11) is 0. The number of esters is 1. The number of nitrogens with zero attached hydrogens (tertiary/aromatic N) is 1. The number of rotatable bonds is 3. The Morgan fingerprint density at radius 2 is 1.71 bits per heavy atom. The third-order valence-electron chi connectivity index (χ3n) is 3.67. The second-order valence-corrected chi connectivity index (χ2v) is 9.57. The number of benzene rings is 1. The average molecular weight is 456 g/mol. The van der Waals surface area contributed by atoms with E-state index in [9.17, 15) is 14.4 Å². The van der Waals surface area contributed by atoms with Gasteiger partial charge in [-0.3, -0.25) is 14.4 Å². The van der Waals surface area contributed by atoms with Gasteiger partial charge in [0.1, 0.15) is 11.2 Å². The van der Waals surface area contributed by atoms with Crippen molar-refractivity contribution in [1.82, 2.24) is 0 Å². The first-order valence-electron chi connectivity index (χ1n) is 9.00. The van der Waals surface area contributed by atoms with Gasteiger partial charge in [0.15, 0.2) is 0 Å². The fourth-order valence-corrected chi connectivity index (χ4v) is 3.07. The largest absolute Gasteiger partial charge is 0.534 e. The summed E-state index contributed by atoms with van der Waals surface area (Å²) in [6.07, 6.45) is -0.765. The van der Waals surface area contributed by atoms with E-state index in [4.69, 9.17) is 14.3 Å². The lowest BCUT2D eigenvalue weighted by Gasteiger charge is -2.33. The minimum atomic E-state index is -0.996. The highest BCUT2D eigenvalue weighted by atomic mass is 79.9. The van der Waals surface area contributed by atoms with Crippen LogP contribution < -0.4 is 5.06 Å².